The van der Waals surface area contributed by atoms with E-state index in [0.29, 0.717) is 45.7 Å². The van der Waals surface area contributed by atoms with Gasteiger partial charge in [-0.2, -0.15) is 0 Å². The number of methoxy groups -OCH3 is 1. The highest BCUT2D eigenvalue weighted by Gasteiger charge is 2.26. The van der Waals surface area contributed by atoms with E-state index >= 15 is 0 Å². The molecule has 0 spiro atoms. The van der Waals surface area contributed by atoms with Gasteiger partial charge in [0, 0.05) is 39.8 Å². The van der Waals surface area contributed by atoms with Gasteiger partial charge in [-0.1, -0.05) is 0 Å². The highest BCUT2D eigenvalue weighted by Crippen LogP contribution is 2.10. The van der Waals surface area contributed by atoms with E-state index in [1.54, 1.807) is 12.0 Å². The monoisotopic (exact) mass is 384 g/mol. The van der Waals surface area contributed by atoms with E-state index in [-0.39, 0.29) is 42.7 Å². The molecule has 2 aliphatic heterocycles. The van der Waals surface area contributed by atoms with Crippen LogP contribution in [-0.4, -0.2) is 92.1 Å². The van der Waals surface area contributed by atoms with Crippen LogP contribution in [0.5, 0.6) is 0 Å². The van der Waals surface area contributed by atoms with Gasteiger partial charge in [0.25, 0.3) is 0 Å². The molecule has 142 valence electrons. The standard InChI is InChI=1S/C15H28N4O3.2ClH/c1-22-13(11-16)10-14(20)18-6-8-19(9-7-18)15(21)12-17-4-2-3-5-17;;/h13H,2-12,16H2,1H3;2*1H. The lowest BCUT2D eigenvalue weighted by Crippen LogP contribution is -2.53. The summed E-state index contributed by atoms with van der Waals surface area (Å²) < 4.78 is 5.15. The number of ether oxygens (including phenoxy) is 1. The second-order valence-corrected chi connectivity index (χ2v) is 6.04. The molecule has 0 saturated carbocycles. The molecule has 0 bridgehead atoms. The zero-order valence-corrected chi connectivity index (χ0v) is 15.9. The fourth-order valence-corrected chi connectivity index (χ4v) is 3.02. The highest BCUT2D eigenvalue weighted by molar-refractivity contribution is 5.85. The first-order valence-electron chi connectivity index (χ1n) is 8.14. The number of hydrogen-bond acceptors (Lipinski definition) is 5. The van der Waals surface area contributed by atoms with Crippen molar-refractivity contribution in [3.05, 3.63) is 0 Å². The molecule has 0 aromatic heterocycles. The molecule has 0 aliphatic carbocycles. The predicted molar refractivity (Wildman–Crippen MR) is 97.8 cm³/mol. The molecule has 2 saturated heterocycles. The van der Waals surface area contributed by atoms with Crippen molar-refractivity contribution in [2.45, 2.75) is 25.4 Å². The first-order chi connectivity index (χ1) is 10.6. The van der Waals surface area contributed by atoms with Crippen LogP contribution in [-0.2, 0) is 14.3 Å². The topological polar surface area (TPSA) is 79.1 Å². The van der Waals surface area contributed by atoms with Crippen molar-refractivity contribution in [1.29, 1.82) is 0 Å². The van der Waals surface area contributed by atoms with Crippen LogP contribution >= 0.6 is 24.8 Å². The zero-order valence-electron chi connectivity index (χ0n) is 14.3. The average Bonchev–Trinajstić information content (AvgIpc) is 3.05. The number of rotatable bonds is 6. The summed E-state index contributed by atoms with van der Waals surface area (Å²) in [6.07, 6.45) is 2.48. The second-order valence-electron chi connectivity index (χ2n) is 6.04. The smallest absolute Gasteiger partial charge is 0.236 e. The summed E-state index contributed by atoms with van der Waals surface area (Å²) in [6.45, 7) is 5.38. The Morgan fingerprint density at radius 1 is 0.958 bits per heavy atom. The summed E-state index contributed by atoms with van der Waals surface area (Å²) in [7, 11) is 1.57. The normalized spacial score (nSPS) is 19.4. The average molecular weight is 385 g/mol. The van der Waals surface area contributed by atoms with Crippen LogP contribution in [0.15, 0.2) is 0 Å². The fourth-order valence-electron chi connectivity index (χ4n) is 3.02. The Morgan fingerprint density at radius 2 is 1.46 bits per heavy atom. The summed E-state index contributed by atoms with van der Waals surface area (Å²) >= 11 is 0. The molecule has 2 aliphatic rings. The lowest BCUT2D eigenvalue weighted by Gasteiger charge is -2.36. The molecule has 24 heavy (non-hydrogen) atoms. The van der Waals surface area contributed by atoms with Gasteiger partial charge in [-0.3, -0.25) is 14.5 Å². The molecule has 2 heterocycles. The Morgan fingerprint density at radius 3 is 1.92 bits per heavy atom. The van der Waals surface area contributed by atoms with Crippen LogP contribution in [0, 0.1) is 0 Å². The zero-order chi connectivity index (χ0) is 15.9. The number of nitrogens with zero attached hydrogens (tertiary/aromatic N) is 3. The van der Waals surface area contributed by atoms with Crippen molar-refractivity contribution in [2.75, 3.05) is 59.5 Å². The maximum absolute atomic E-state index is 12.2. The first-order valence-corrected chi connectivity index (χ1v) is 8.14. The second kappa shape index (κ2) is 11.9. The number of nitrogens with two attached hydrogens (primary N) is 1. The Kier molecular flexibility index (Phi) is 11.6. The minimum Gasteiger partial charge on any atom is -0.380 e. The molecule has 0 radical (unpaired) electrons. The van der Waals surface area contributed by atoms with Crippen molar-refractivity contribution in [3.63, 3.8) is 0 Å². The molecule has 2 N–H and O–H groups in total. The Balaban J connectivity index is 0.00000264. The van der Waals surface area contributed by atoms with Gasteiger partial charge in [0.05, 0.1) is 19.1 Å². The number of piperazine rings is 1. The van der Waals surface area contributed by atoms with Crippen molar-refractivity contribution in [1.82, 2.24) is 14.7 Å². The number of halogens is 2. The van der Waals surface area contributed by atoms with Gasteiger partial charge >= 0.3 is 0 Å². The van der Waals surface area contributed by atoms with Crippen molar-refractivity contribution in [3.8, 4) is 0 Å². The minimum absolute atomic E-state index is 0. The van der Waals surface area contributed by atoms with Gasteiger partial charge in [0.15, 0.2) is 0 Å². The summed E-state index contributed by atoms with van der Waals surface area (Å²) in [5.41, 5.74) is 5.55. The van der Waals surface area contributed by atoms with Gasteiger partial charge in [0.1, 0.15) is 0 Å². The molecule has 2 fully saturated rings. The Labute approximate surface area is 156 Å². The summed E-state index contributed by atoms with van der Waals surface area (Å²) in [5.74, 6) is 0.245. The van der Waals surface area contributed by atoms with Crippen molar-refractivity contribution in [2.24, 2.45) is 5.73 Å². The Bertz CT molecular complexity index is 359. The molecule has 2 amide bonds. The van der Waals surface area contributed by atoms with Crippen molar-refractivity contribution < 1.29 is 14.3 Å². The van der Waals surface area contributed by atoms with E-state index in [0.717, 1.165) is 13.1 Å². The summed E-state index contributed by atoms with van der Waals surface area (Å²) in [6, 6.07) is 0. The van der Waals surface area contributed by atoms with Gasteiger partial charge in [-0.25, -0.2) is 0 Å². The predicted octanol–water partition coefficient (Wildman–Crippen LogP) is -0.0396. The van der Waals surface area contributed by atoms with Crippen LogP contribution in [0.3, 0.4) is 0 Å². The van der Waals surface area contributed by atoms with Gasteiger partial charge in [0.2, 0.25) is 11.8 Å². The molecule has 1 unspecified atom stereocenters. The lowest BCUT2D eigenvalue weighted by atomic mass is 10.2. The summed E-state index contributed by atoms with van der Waals surface area (Å²) in [5, 5.41) is 0. The van der Waals surface area contributed by atoms with Gasteiger partial charge in [-0.15, -0.1) is 24.8 Å². The van der Waals surface area contributed by atoms with E-state index in [4.69, 9.17) is 10.5 Å². The third kappa shape index (κ3) is 6.72. The van der Waals surface area contributed by atoms with E-state index < -0.39 is 0 Å². The largest absolute Gasteiger partial charge is 0.380 e. The van der Waals surface area contributed by atoms with Crippen LogP contribution in [0.4, 0.5) is 0 Å². The van der Waals surface area contributed by atoms with E-state index in [9.17, 15) is 9.59 Å². The molecule has 9 heteroatoms. The number of carbonyl (C=O) groups excluding carboxylic acids is 2. The molecule has 7 nitrogen and oxygen atoms in total. The molecular formula is C15H30Cl2N4O3. The van der Waals surface area contributed by atoms with Crippen LogP contribution in [0.25, 0.3) is 0 Å². The maximum atomic E-state index is 12.2. The molecule has 0 aromatic carbocycles. The third-order valence-electron chi connectivity index (χ3n) is 4.54. The molecular weight excluding hydrogens is 355 g/mol. The lowest BCUT2D eigenvalue weighted by molar-refractivity contribution is -0.141. The minimum atomic E-state index is -0.220. The number of hydrogen-bond donors (Lipinski definition) is 1. The van der Waals surface area contributed by atoms with Gasteiger partial charge < -0.3 is 20.3 Å². The molecule has 1 atom stereocenters. The number of carbonyl (C=O) groups is 2. The third-order valence-corrected chi connectivity index (χ3v) is 4.54. The number of amides is 2. The van der Waals surface area contributed by atoms with E-state index in [1.807, 2.05) is 4.90 Å². The fraction of sp³-hybridized carbons (Fsp3) is 0.867. The van der Waals surface area contributed by atoms with Gasteiger partial charge in [-0.05, 0) is 25.9 Å². The van der Waals surface area contributed by atoms with Crippen molar-refractivity contribution >= 4 is 36.6 Å². The number of likely N-dealkylation sites (tertiary alicyclic amines) is 1. The maximum Gasteiger partial charge on any atom is 0.236 e. The summed E-state index contributed by atoms with van der Waals surface area (Å²) in [4.78, 5) is 30.3. The Hall–Kier alpha value is -0.600. The van der Waals surface area contributed by atoms with E-state index in [1.165, 1.54) is 12.8 Å². The highest BCUT2D eigenvalue weighted by atomic mass is 35.5. The molecule has 0 aromatic rings. The molecule has 2 rings (SSSR count). The van der Waals surface area contributed by atoms with Crippen LogP contribution in [0.1, 0.15) is 19.3 Å². The first kappa shape index (κ1) is 23.4. The van der Waals surface area contributed by atoms with E-state index in [2.05, 4.69) is 4.90 Å². The quantitative estimate of drug-likeness (QED) is 0.694. The van der Waals surface area contributed by atoms with Crippen LogP contribution in [0.2, 0.25) is 0 Å². The SMILES string of the molecule is COC(CN)CC(=O)N1CCN(C(=O)CN2CCCC2)CC1.Cl.Cl. The van der Waals surface area contributed by atoms with Crippen LogP contribution < -0.4 is 5.73 Å².